The van der Waals surface area contributed by atoms with Gasteiger partial charge in [-0.1, -0.05) is 18.2 Å². The first-order valence-electron chi connectivity index (χ1n) is 9.55. The van der Waals surface area contributed by atoms with Crippen molar-refractivity contribution < 1.29 is 13.9 Å². The second kappa shape index (κ2) is 6.92. The summed E-state index contributed by atoms with van der Waals surface area (Å²) < 4.78 is 13.4. The predicted octanol–water partition coefficient (Wildman–Crippen LogP) is 4.78. The van der Waals surface area contributed by atoms with Crippen LogP contribution in [0.4, 0.5) is 0 Å². The van der Waals surface area contributed by atoms with E-state index in [2.05, 4.69) is 0 Å². The van der Waals surface area contributed by atoms with Crippen LogP contribution in [0, 0.1) is 27.7 Å². The number of Topliss-reactive ketones (excluding diaryl/α,β-unsaturated/α-hetero) is 1. The van der Waals surface area contributed by atoms with Gasteiger partial charge in [0.15, 0.2) is 6.61 Å². The monoisotopic (exact) mass is 389 g/mol. The molecule has 0 aliphatic rings. The number of carbonyl (C=O) groups is 1. The molecular weight excluding hydrogens is 366 g/mol. The van der Waals surface area contributed by atoms with Crippen molar-refractivity contribution >= 4 is 27.7 Å². The minimum atomic E-state index is -0.349. The van der Waals surface area contributed by atoms with Gasteiger partial charge in [-0.05, 0) is 51.5 Å². The van der Waals surface area contributed by atoms with E-state index >= 15 is 0 Å². The van der Waals surface area contributed by atoms with Crippen LogP contribution in [0.25, 0.3) is 21.9 Å². The van der Waals surface area contributed by atoms with Gasteiger partial charge in [0, 0.05) is 45.7 Å². The van der Waals surface area contributed by atoms with Crippen molar-refractivity contribution in [1.29, 1.82) is 0 Å². The molecule has 0 N–H and O–H groups in total. The van der Waals surface area contributed by atoms with Gasteiger partial charge in [0.1, 0.15) is 11.3 Å². The average molecular weight is 389 g/mol. The number of benzene rings is 2. The first-order valence-corrected chi connectivity index (χ1v) is 9.55. The molecule has 148 valence electrons. The highest BCUT2D eigenvalue weighted by Crippen LogP contribution is 2.30. The zero-order valence-corrected chi connectivity index (χ0v) is 17.3. The molecule has 0 radical (unpaired) electrons. The highest BCUT2D eigenvalue weighted by atomic mass is 16.5. The summed E-state index contributed by atoms with van der Waals surface area (Å²) in [5, 5.41) is 1.80. The lowest BCUT2D eigenvalue weighted by molar-refractivity contribution is 0.0922. The van der Waals surface area contributed by atoms with E-state index in [0.29, 0.717) is 28.0 Å². The smallest absolute Gasteiger partial charge is 0.339 e. The van der Waals surface area contributed by atoms with E-state index in [-0.39, 0.29) is 18.0 Å². The summed E-state index contributed by atoms with van der Waals surface area (Å²) in [5.41, 5.74) is 4.97. The number of carbonyl (C=O) groups excluding carboxylic acids is 1. The molecule has 2 aromatic carbocycles. The molecule has 0 amide bonds. The zero-order valence-electron chi connectivity index (χ0n) is 17.3. The van der Waals surface area contributed by atoms with Gasteiger partial charge in [0.05, 0.1) is 0 Å². The normalized spacial score (nSPS) is 11.3. The number of nitrogens with zero attached hydrogens (tertiary/aromatic N) is 1. The topological polar surface area (TPSA) is 61.4 Å². The number of hydrogen-bond acceptors (Lipinski definition) is 4. The Bertz CT molecular complexity index is 1340. The maximum Gasteiger partial charge on any atom is 0.339 e. The van der Waals surface area contributed by atoms with Crippen LogP contribution >= 0.6 is 0 Å². The molecule has 29 heavy (non-hydrogen) atoms. The number of fused-ring (bicyclic) bond motifs is 2. The number of ether oxygens (including phenoxy) is 1. The fourth-order valence-corrected chi connectivity index (χ4v) is 3.87. The van der Waals surface area contributed by atoms with E-state index in [1.165, 1.54) is 0 Å². The summed E-state index contributed by atoms with van der Waals surface area (Å²) >= 11 is 0. The van der Waals surface area contributed by atoms with Gasteiger partial charge in [0.2, 0.25) is 5.78 Å². The van der Waals surface area contributed by atoms with Crippen molar-refractivity contribution in [2.45, 2.75) is 27.7 Å². The number of rotatable bonds is 4. The molecule has 0 saturated heterocycles. The summed E-state index contributed by atoms with van der Waals surface area (Å²) in [5.74, 6) is 0.454. The predicted molar refractivity (Wildman–Crippen MR) is 114 cm³/mol. The molecule has 2 aromatic heterocycles. The van der Waals surface area contributed by atoms with E-state index in [1.54, 1.807) is 6.92 Å². The molecular formula is C24H23NO4. The Morgan fingerprint density at radius 1 is 0.966 bits per heavy atom. The molecule has 5 nitrogen and oxygen atoms in total. The number of hydrogen-bond donors (Lipinski definition) is 0. The standard InChI is InChI=1S/C24H23NO4/c1-13-14(2)24(27)29-23-15(3)21(11-10-17(13)23)28-12-20(26)22-16(4)25(5)19-9-7-6-8-18(19)22/h6-11H,12H2,1-5H3. The van der Waals surface area contributed by atoms with Crippen LogP contribution in [0.3, 0.4) is 0 Å². The Kier molecular flexibility index (Phi) is 4.53. The molecule has 0 aliphatic carbocycles. The summed E-state index contributed by atoms with van der Waals surface area (Å²) in [7, 11) is 1.95. The molecule has 2 heterocycles. The van der Waals surface area contributed by atoms with Gasteiger partial charge < -0.3 is 13.7 Å². The molecule has 5 heteroatoms. The summed E-state index contributed by atoms with van der Waals surface area (Å²) in [4.78, 5) is 25.1. The summed E-state index contributed by atoms with van der Waals surface area (Å²) in [6, 6.07) is 11.5. The third-order valence-electron chi connectivity index (χ3n) is 5.86. The van der Waals surface area contributed by atoms with Crippen molar-refractivity contribution in [3.05, 3.63) is 74.8 Å². The van der Waals surface area contributed by atoms with Crippen LogP contribution in [-0.4, -0.2) is 17.0 Å². The molecule has 4 rings (SSSR count). The molecule has 0 bridgehead atoms. The van der Waals surface area contributed by atoms with Crippen molar-refractivity contribution in [3.63, 3.8) is 0 Å². The van der Waals surface area contributed by atoms with Gasteiger partial charge in [-0.25, -0.2) is 4.79 Å². The summed E-state index contributed by atoms with van der Waals surface area (Å²) in [6.45, 7) is 7.35. The van der Waals surface area contributed by atoms with E-state index in [9.17, 15) is 9.59 Å². The number of para-hydroxylation sites is 1. The Morgan fingerprint density at radius 3 is 2.45 bits per heavy atom. The van der Waals surface area contributed by atoms with Crippen LogP contribution < -0.4 is 10.4 Å². The lowest BCUT2D eigenvalue weighted by atomic mass is 10.0. The number of aryl methyl sites for hydroxylation is 3. The summed E-state index contributed by atoms with van der Waals surface area (Å²) in [6.07, 6.45) is 0. The third-order valence-corrected chi connectivity index (χ3v) is 5.86. The molecule has 0 aliphatic heterocycles. The Hall–Kier alpha value is -3.34. The van der Waals surface area contributed by atoms with Crippen LogP contribution in [0.5, 0.6) is 5.75 Å². The quantitative estimate of drug-likeness (QED) is 0.372. The van der Waals surface area contributed by atoms with Gasteiger partial charge in [-0.2, -0.15) is 0 Å². The molecule has 0 spiro atoms. The molecule has 0 unspecified atom stereocenters. The van der Waals surface area contributed by atoms with Gasteiger partial charge in [-0.3, -0.25) is 4.79 Å². The van der Waals surface area contributed by atoms with E-state index in [4.69, 9.17) is 9.15 Å². The zero-order chi connectivity index (χ0) is 20.9. The van der Waals surface area contributed by atoms with Crippen molar-refractivity contribution in [1.82, 2.24) is 4.57 Å². The van der Waals surface area contributed by atoms with Crippen LogP contribution in [0.1, 0.15) is 32.7 Å². The molecule has 0 atom stereocenters. The van der Waals surface area contributed by atoms with Crippen LogP contribution in [0.15, 0.2) is 45.6 Å². The minimum absolute atomic E-state index is 0.0830. The Morgan fingerprint density at radius 2 is 1.69 bits per heavy atom. The molecule has 0 fully saturated rings. The minimum Gasteiger partial charge on any atom is -0.485 e. The largest absolute Gasteiger partial charge is 0.485 e. The number of aromatic nitrogens is 1. The highest BCUT2D eigenvalue weighted by molar-refractivity contribution is 6.10. The van der Waals surface area contributed by atoms with Gasteiger partial charge in [-0.15, -0.1) is 0 Å². The Labute approximate surface area is 168 Å². The lowest BCUT2D eigenvalue weighted by Crippen LogP contribution is -2.13. The highest BCUT2D eigenvalue weighted by Gasteiger charge is 2.19. The van der Waals surface area contributed by atoms with E-state index in [1.807, 2.05) is 68.8 Å². The van der Waals surface area contributed by atoms with Crippen molar-refractivity contribution in [2.75, 3.05) is 6.61 Å². The SMILES string of the molecule is Cc1c(C)c2ccc(OCC(=O)c3c(C)n(C)c4ccccc34)c(C)c2oc1=O. The second-order valence-corrected chi connectivity index (χ2v) is 7.45. The van der Waals surface area contributed by atoms with E-state index < -0.39 is 0 Å². The van der Waals surface area contributed by atoms with Gasteiger partial charge in [0.25, 0.3) is 0 Å². The molecule has 4 aromatic rings. The average Bonchev–Trinajstić information content (AvgIpc) is 2.97. The van der Waals surface area contributed by atoms with Gasteiger partial charge >= 0.3 is 5.63 Å². The fraction of sp³-hybridized carbons (Fsp3) is 0.250. The molecule has 0 saturated carbocycles. The van der Waals surface area contributed by atoms with Crippen molar-refractivity contribution in [3.8, 4) is 5.75 Å². The maximum absolute atomic E-state index is 13.0. The van der Waals surface area contributed by atoms with Crippen LogP contribution in [0.2, 0.25) is 0 Å². The first kappa shape index (κ1) is 19.0. The maximum atomic E-state index is 13.0. The third kappa shape index (κ3) is 2.94. The Balaban J connectivity index is 1.68. The number of ketones is 1. The van der Waals surface area contributed by atoms with E-state index in [0.717, 1.165) is 27.5 Å². The fourth-order valence-electron chi connectivity index (χ4n) is 3.87. The first-order chi connectivity index (χ1) is 13.8. The van der Waals surface area contributed by atoms with Crippen molar-refractivity contribution in [2.24, 2.45) is 7.05 Å². The lowest BCUT2D eigenvalue weighted by Gasteiger charge is -2.12. The van der Waals surface area contributed by atoms with Crippen LogP contribution in [-0.2, 0) is 7.05 Å². The second-order valence-electron chi connectivity index (χ2n) is 7.45.